The van der Waals surface area contributed by atoms with E-state index in [9.17, 15) is 9.59 Å². The number of methoxy groups -OCH3 is 1. The first kappa shape index (κ1) is 21.4. The lowest BCUT2D eigenvalue weighted by Crippen LogP contribution is -2.50. The predicted molar refractivity (Wildman–Crippen MR) is 114 cm³/mol. The number of carbonyl (C=O) groups is 2. The average molecular weight is 428 g/mol. The molecule has 2 fully saturated rings. The summed E-state index contributed by atoms with van der Waals surface area (Å²) in [6.45, 7) is 5.47. The summed E-state index contributed by atoms with van der Waals surface area (Å²) in [5.74, 6) is 1.08. The highest BCUT2D eigenvalue weighted by atomic mass is 16.5. The second kappa shape index (κ2) is 9.98. The van der Waals surface area contributed by atoms with E-state index in [4.69, 9.17) is 13.9 Å². The Bertz CT molecular complexity index is 868. The quantitative estimate of drug-likeness (QED) is 0.726. The highest BCUT2D eigenvalue weighted by Gasteiger charge is 2.28. The molecule has 3 heterocycles. The van der Waals surface area contributed by atoms with E-state index < -0.39 is 0 Å². The Morgan fingerprint density at radius 1 is 1.00 bits per heavy atom. The maximum atomic E-state index is 12.9. The molecule has 0 unspecified atom stereocenters. The summed E-state index contributed by atoms with van der Waals surface area (Å²) in [4.78, 5) is 31.5. The number of hydrogen-bond donors (Lipinski definition) is 0. The summed E-state index contributed by atoms with van der Waals surface area (Å²) in [5, 5.41) is 0. The summed E-state index contributed by atoms with van der Waals surface area (Å²) in [6, 6.07) is 10.6. The Hall–Kier alpha value is -2.84. The molecular weight excluding hydrogens is 398 g/mol. The van der Waals surface area contributed by atoms with E-state index in [0.29, 0.717) is 44.1 Å². The first-order chi connectivity index (χ1) is 15.1. The third kappa shape index (κ3) is 5.26. The average Bonchev–Trinajstić information content (AvgIpc) is 3.25. The number of morpholine rings is 1. The highest BCUT2D eigenvalue weighted by molar-refractivity contribution is 5.94. The van der Waals surface area contributed by atoms with E-state index in [1.165, 1.54) is 6.26 Å². The van der Waals surface area contributed by atoms with E-state index in [0.717, 1.165) is 31.8 Å². The number of carbonyl (C=O) groups excluding carboxylic acids is 2. The Morgan fingerprint density at radius 3 is 2.58 bits per heavy atom. The fraction of sp³-hybridized carbons (Fsp3) is 0.478. The van der Waals surface area contributed by atoms with Crippen LogP contribution in [0, 0.1) is 0 Å². The fourth-order valence-electron chi connectivity index (χ4n) is 4.13. The summed E-state index contributed by atoms with van der Waals surface area (Å²) >= 11 is 0. The fourth-order valence-corrected chi connectivity index (χ4v) is 4.13. The van der Waals surface area contributed by atoms with Gasteiger partial charge in [0.05, 0.1) is 26.1 Å². The summed E-state index contributed by atoms with van der Waals surface area (Å²) in [6.07, 6.45) is 2.38. The number of furan rings is 1. The van der Waals surface area contributed by atoms with Crippen molar-refractivity contribution < 1.29 is 23.5 Å². The van der Waals surface area contributed by atoms with Crippen LogP contribution in [0.2, 0.25) is 0 Å². The molecule has 2 aliphatic rings. The van der Waals surface area contributed by atoms with E-state index in [-0.39, 0.29) is 17.9 Å². The number of hydrogen-bond acceptors (Lipinski definition) is 6. The number of benzene rings is 1. The van der Waals surface area contributed by atoms with Crippen molar-refractivity contribution in [2.45, 2.75) is 12.5 Å². The van der Waals surface area contributed by atoms with Crippen LogP contribution in [0.3, 0.4) is 0 Å². The molecule has 1 aromatic carbocycles. The Labute approximate surface area is 182 Å². The van der Waals surface area contributed by atoms with Crippen molar-refractivity contribution in [2.75, 3.05) is 59.5 Å². The second-order valence-electron chi connectivity index (χ2n) is 7.90. The normalized spacial score (nSPS) is 20.4. The van der Waals surface area contributed by atoms with Gasteiger partial charge in [-0.1, -0.05) is 0 Å². The lowest BCUT2D eigenvalue weighted by Gasteiger charge is -2.35. The van der Waals surface area contributed by atoms with Crippen LogP contribution in [0.1, 0.15) is 27.3 Å². The molecule has 31 heavy (non-hydrogen) atoms. The van der Waals surface area contributed by atoms with Gasteiger partial charge in [0.2, 0.25) is 0 Å². The van der Waals surface area contributed by atoms with Crippen LogP contribution < -0.4 is 4.74 Å². The zero-order chi connectivity index (χ0) is 21.6. The SMILES string of the molecule is COc1ccc(C(=O)N2CCO[C@@H](CN3CCCN(C(=O)c4ccco4)CC3)C2)cc1. The molecule has 0 aliphatic carbocycles. The molecule has 0 saturated carbocycles. The van der Waals surface area contributed by atoms with Crippen LogP contribution in [0.5, 0.6) is 5.75 Å². The molecule has 0 radical (unpaired) electrons. The topological polar surface area (TPSA) is 75.5 Å². The van der Waals surface area contributed by atoms with Crippen LogP contribution in [0.4, 0.5) is 0 Å². The lowest BCUT2D eigenvalue weighted by atomic mass is 10.1. The van der Waals surface area contributed by atoms with Gasteiger partial charge in [-0.25, -0.2) is 0 Å². The molecule has 4 rings (SSSR count). The maximum Gasteiger partial charge on any atom is 0.289 e. The largest absolute Gasteiger partial charge is 0.497 e. The first-order valence-corrected chi connectivity index (χ1v) is 10.7. The molecular formula is C23H29N3O5. The van der Waals surface area contributed by atoms with E-state index >= 15 is 0 Å². The Morgan fingerprint density at radius 2 is 1.84 bits per heavy atom. The van der Waals surface area contributed by atoms with Crippen molar-refractivity contribution in [3.05, 3.63) is 54.0 Å². The van der Waals surface area contributed by atoms with Crippen LogP contribution in [-0.4, -0.2) is 92.1 Å². The molecule has 0 spiro atoms. The van der Waals surface area contributed by atoms with Gasteiger partial charge >= 0.3 is 0 Å². The highest BCUT2D eigenvalue weighted by Crippen LogP contribution is 2.16. The molecule has 8 nitrogen and oxygen atoms in total. The van der Waals surface area contributed by atoms with E-state index in [1.807, 2.05) is 9.80 Å². The van der Waals surface area contributed by atoms with Gasteiger partial charge in [-0.05, 0) is 49.4 Å². The molecule has 2 aliphatic heterocycles. The summed E-state index contributed by atoms with van der Waals surface area (Å²) in [5.41, 5.74) is 0.656. The van der Waals surface area contributed by atoms with Gasteiger partial charge < -0.3 is 23.7 Å². The minimum absolute atomic E-state index is 0.0158. The Balaban J connectivity index is 1.30. The summed E-state index contributed by atoms with van der Waals surface area (Å²) < 4.78 is 16.4. The van der Waals surface area contributed by atoms with Crippen molar-refractivity contribution in [1.29, 1.82) is 0 Å². The number of rotatable bonds is 5. The predicted octanol–water partition coefficient (Wildman–Crippen LogP) is 1.98. The standard InChI is InChI=1S/C23H29N3O5/c1-29-19-7-5-18(6-8-19)22(27)26-13-15-30-20(17-26)16-24-9-3-10-25(12-11-24)23(28)21-4-2-14-31-21/h2,4-8,14,20H,3,9-13,15-17H2,1H3/t20-/m0/s1. The number of nitrogens with zero attached hydrogens (tertiary/aromatic N) is 3. The molecule has 1 atom stereocenters. The molecule has 166 valence electrons. The summed E-state index contributed by atoms with van der Waals surface area (Å²) in [7, 11) is 1.61. The monoisotopic (exact) mass is 427 g/mol. The molecule has 0 bridgehead atoms. The van der Waals surface area contributed by atoms with E-state index in [2.05, 4.69) is 4.90 Å². The smallest absolute Gasteiger partial charge is 0.289 e. The second-order valence-corrected chi connectivity index (χ2v) is 7.90. The van der Waals surface area contributed by atoms with Gasteiger partial charge in [0.1, 0.15) is 5.75 Å². The molecule has 2 amide bonds. The minimum Gasteiger partial charge on any atom is -0.497 e. The molecule has 8 heteroatoms. The van der Waals surface area contributed by atoms with E-state index in [1.54, 1.807) is 43.5 Å². The third-order valence-electron chi connectivity index (χ3n) is 5.83. The molecule has 1 aromatic heterocycles. The Kier molecular flexibility index (Phi) is 6.89. The maximum absolute atomic E-state index is 12.9. The van der Waals surface area contributed by atoms with Gasteiger partial charge in [0, 0.05) is 44.8 Å². The van der Waals surface area contributed by atoms with Crippen LogP contribution in [0.25, 0.3) is 0 Å². The lowest BCUT2D eigenvalue weighted by molar-refractivity contribution is -0.0353. The number of ether oxygens (including phenoxy) is 2. The molecule has 0 N–H and O–H groups in total. The van der Waals surface area contributed by atoms with Gasteiger partial charge in [-0.2, -0.15) is 0 Å². The van der Waals surface area contributed by atoms with Gasteiger partial charge in [-0.3, -0.25) is 14.5 Å². The molecule has 2 aromatic rings. The van der Waals surface area contributed by atoms with Crippen molar-refractivity contribution in [3.8, 4) is 5.75 Å². The van der Waals surface area contributed by atoms with Gasteiger partial charge in [-0.15, -0.1) is 0 Å². The first-order valence-electron chi connectivity index (χ1n) is 10.7. The van der Waals surface area contributed by atoms with Crippen molar-refractivity contribution in [3.63, 3.8) is 0 Å². The zero-order valence-electron chi connectivity index (χ0n) is 17.9. The van der Waals surface area contributed by atoms with Gasteiger partial charge in [0.15, 0.2) is 5.76 Å². The molecule has 2 saturated heterocycles. The third-order valence-corrected chi connectivity index (χ3v) is 5.83. The van der Waals surface area contributed by atoms with Crippen LogP contribution in [-0.2, 0) is 4.74 Å². The minimum atomic E-state index is -0.0583. The van der Waals surface area contributed by atoms with Crippen LogP contribution >= 0.6 is 0 Å². The van der Waals surface area contributed by atoms with Gasteiger partial charge in [0.25, 0.3) is 11.8 Å². The van der Waals surface area contributed by atoms with Crippen molar-refractivity contribution >= 4 is 11.8 Å². The van der Waals surface area contributed by atoms with Crippen molar-refractivity contribution in [1.82, 2.24) is 14.7 Å². The zero-order valence-corrected chi connectivity index (χ0v) is 17.9. The van der Waals surface area contributed by atoms with Crippen molar-refractivity contribution in [2.24, 2.45) is 0 Å². The van der Waals surface area contributed by atoms with Crippen LogP contribution in [0.15, 0.2) is 47.1 Å². The number of amides is 2.